The van der Waals surface area contributed by atoms with Gasteiger partial charge in [0.2, 0.25) is 10.0 Å². The van der Waals surface area contributed by atoms with Crippen LogP contribution in [0.25, 0.3) is 16.8 Å². The average Bonchev–Trinajstić information content (AvgIpc) is 3.65. The van der Waals surface area contributed by atoms with Gasteiger partial charge in [-0.1, -0.05) is 30.3 Å². The first-order valence-electron chi connectivity index (χ1n) is 11.1. The maximum absolute atomic E-state index is 12.7. The van der Waals surface area contributed by atoms with Crippen LogP contribution < -0.4 is 21.1 Å². The second-order valence-corrected chi connectivity index (χ2v) is 10.2. The summed E-state index contributed by atoms with van der Waals surface area (Å²) in [6, 6.07) is 12.5. The van der Waals surface area contributed by atoms with Crippen molar-refractivity contribution < 1.29 is 18.0 Å². The molecule has 182 valence electrons. The second kappa shape index (κ2) is 9.80. The minimum absolute atomic E-state index is 0.00906. The summed E-state index contributed by atoms with van der Waals surface area (Å²) in [5.41, 5.74) is 4.91. The van der Waals surface area contributed by atoms with Crippen molar-refractivity contribution >= 4 is 38.7 Å². The summed E-state index contributed by atoms with van der Waals surface area (Å²) in [4.78, 5) is 37.7. The molecule has 1 aromatic heterocycles. The first-order chi connectivity index (χ1) is 16.7. The predicted molar refractivity (Wildman–Crippen MR) is 131 cm³/mol. The van der Waals surface area contributed by atoms with Gasteiger partial charge in [-0.25, -0.2) is 17.8 Å². The topological polar surface area (TPSA) is 139 Å². The minimum atomic E-state index is -3.54. The van der Waals surface area contributed by atoms with Gasteiger partial charge in [0.1, 0.15) is 0 Å². The fraction of sp³-hybridized carbons (Fsp3) is 0.250. The van der Waals surface area contributed by atoms with Crippen molar-refractivity contribution in [3.8, 4) is 0 Å². The highest BCUT2D eigenvalue weighted by Gasteiger charge is 2.27. The van der Waals surface area contributed by atoms with Crippen LogP contribution in [0.5, 0.6) is 0 Å². The Morgan fingerprint density at radius 2 is 1.69 bits per heavy atom. The van der Waals surface area contributed by atoms with E-state index in [4.69, 9.17) is 0 Å². The zero-order chi connectivity index (χ0) is 25.2. The van der Waals surface area contributed by atoms with Gasteiger partial charge in [-0.2, -0.15) is 5.10 Å². The smallest absolute Gasteiger partial charge is 0.268 e. The molecule has 2 aromatic carbocycles. The Morgan fingerprint density at radius 3 is 2.31 bits per heavy atom. The summed E-state index contributed by atoms with van der Waals surface area (Å²) >= 11 is 0. The van der Waals surface area contributed by atoms with Crippen LogP contribution in [0, 0.1) is 0 Å². The van der Waals surface area contributed by atoms with Gasteiger partial charge in [0.15, 0.2) is 5.69 Å². The van der Waals surface area contributed by atoms with Crippen LogP contribution >= 0.6 is 0 Å². The lowest BCUT2D eigenvalue weighted by atomic mass is 10.1. The van der Waals surface area contributed by atoms with Gasteiger partial charge in [0.25, 0.3) is 17.4 Å². The lowest BCUT2D eigenvalue weighted by Crippen LogP contribution is -2.42. The number of benzene rings is 2. The van der Waals surface area contributed by atoms with Crippen molar-refractivity contribution in [1.82, 2.24) is 25.4 Å². The number of nitrogens with one attached hydrogen (secondary N) is 3. The number of amides is 2. The summed E-state index contributed by atoms with van der Waals surface area (Å²) in [6.07, 6.45) is 4.38. The van der Waals surface area contributed by atoms with E-state index < -0.39 is 21.8 Å². The molecule has 0 radical (unpaired) electrons. The fourth-order valence-corrected chi connectivity index (χ4v) is 4.67. The number of carbonyl (C=O) groups excluding carboxylic acids is 2. The van der Waals surface area contributed by atoms with Crippen LogP contribution in [0.3, 0.4) is 0 Å². The van der Waals surface area contributed by atoms with Crippen LogP contribution in [-0.4, -0.2) is 36.1 Å². The Bertz CT molecular complexity index is 1470. The van der Waals surface area contributed by atoms with Crippen LogP contribution in [0.2, 0.25) is 0 Å². The van der Waals surface area contributed by atoms with E-state index in [2.05, 4.69) is 20.7 Å². The molecule has 0 bridgehead atoms. The molecule has 1 fully saturated rings. The van der Waals surface area contributed by atoms with Crippen LogP contribution in [-0.2, 0) is 14.8 Å². The molecule has 3 aromatic rings. The van der Waals surface area contributed by atoms with Crippen molar-refractivity contribution in [3.05, 3.63) is 76.2 Å². The van der Waals surface area contributed by atoms with Gasteiger partial charge < -0.3 is 0 Å². The molecular weight excluding hydrogens is 470 g/mol. The molecule has 1 heterocycles. The lowest BCUT2D eigenvalue weighted by molar-refractivity contribution is -0.117. The Morgan fingerprint density at radius 1 is 1.03 bits per heavy atom. The summed E-state index contributed by atoms with van der Waals surface area (Å²) in [6.45, 7) is 3.56. The predicted octanol–water partition coefficient (Wildman–Crippen LogP) is 1.89. The number of hydrazine groups is 1. The summed E-state index contributed by atoms with van der Waals surface area (Å²) in [5.74, 6) is -1.28. The molecule has 1 aliphatic rings. The molecule has 2 amide bonds. The van der Waals surface area contributed by atoms with Crippen molar-refractivity contribution in [1.29, 1.82) is 0 Å². The van der Waals surface area contributed by atoms with Gasteiger partial charge in [0, 0.05) is 17.5 Å². The maximum Gasteiger partial charge on any atom is 0.290 e. The molecule has 0 unspecified atom stereocenters. The third kappa shape index (κ3) is 5.64. The Labute approximate surface area is 202 Å². The van der Waals surface area contributed by atoms with Crippen LogP contribution in [0.15, 0.2) is 64.3 Å². The van der Waals surface area contributed by atoms with Crippen molar-refractivity contribution in [3.63, 3.8) is 0 Å². The van der Waals surface area contributed by atoms with E-state index in [1.165, 1.54) is 29.0 Å². The number of sulfonamides is 1. The highest BCUT2D eigenvalue weighted by Crippen LogP contribution is 2.22. The molecular formula is C24H25N5O5S. The van der Waals surface area contributed by atoms with Crippen molar-refractivity contribution in [2.45, 2.75) is 43.7 Å². The van der Waals surface area contributed by atoms with Crippen LogP contribution in [0.4, 0.5) is 0 Å². The van der Waals surface area contributed by atoms with Gasteiger partial charge in [-0.15, -0.1) is 0 Å². The standard InChI is InChI=1S/C24H25N5O5S/c1-15(2)29-24(32)20-6-4-3-5-19(20)22(27-29)23(31)26-25-21(30)14-9-16-7-12-18(13-8-16)35(33,34)28-17-10-11-17/h3-9,12-15,17,28H,10-11H2,1-2H3,(H,25,30)(H,26,31)/b14-9+. The van der Waals surface area contributed by atoms with Crippen molar-refractivity contribution in [2.24, 2.45) is 0 Å². The quantitative estimate of drug-likeness (QED) is 0.338. The number of aromatic nitrogens is 2. The van der Waals surface area contributed by atoms with Crippen molar-refractivity contribution in [2.75, 3.05) is 0 Å². The third-order valence-corrected chi connectivity index (χ3v) is 6.88. The maximum atomic E-state index is 12.7. The Hall–Kier alpha value is -3.83. The molecule has 1 saturated carbocycles. The summed E-state index contributed by atoms with van der Waals surface area (Å²) in [5, 5.41) is 4.92. The SMILES string of the molecule is CC(C)n1nc(C(=O)NNC(=O)/C=C/c2ccc(S(=O)(=O)NC3CC3)cc2)c2ccccc2c1=O. The average molecular weight is 496 g/mol. The normalized spacial score (nSPS) is 13.9. The number of rotatable bonds is 7. The van der Waals surface area contributed by atoms with E-state index in [1.807, 2.05) is 0 Å². The number of carbonyl (C=O) groups is 2. The van der Waals surface area contributed by atoms with E-state index >= 15 is 0 Å². The summed E-state index contributed by atoms with van der Waals surface area (Å²) in [7, 11) is -3.54. The largest absolute Gasteiger partial charge is 0.290 e. The molecule has 4 rings (SSSR count). The third-order valence-electron chi connectivity index (χ3n) is 5.35. The second-order valence-electron chi connectivity index (χ2n) is 8.48. The molecule has 1 aliphatic carbocycles. The van der Waals surface area contributed by atoms with Crippen LogP contribution in [0.1, 0.15) is 48.8 Å². The lowest BCUT2D eigenvalue weighted by Gasteiger charge is -2.13. The first kappa shape index (κ1) is 24.3. The highest BCUT2D eigenvalue weighted by atomic mass is 32.2. The fourth-order valence-electron chi connectivity index (χ4n) is 3.36. The van der Waals surface area contributed by atoms with Gasteiger partial charge in [0.05, 0.1) is 16.3 Å². The zero-order valence-corrected chi connectivity index (χ0v) is 20.0. The zero-order valence-electron chi connectivity index (χ0n) is 19.2. The van der Waals surface area contributed by atoms with Gasteiger partial charge >= 0.3 is 0 Å². The molecule has 0 saturated heterocycles. The molecule has 10 nitrogen and oxygen atoms in total. The number of hydrogen-bond donors (Lipinski definition) is 3. The van der Waals surface area contributed by atoms with E-state index in [0.717, 1.165) is 12.8 Å². The molecule has 0 spiro atoms. The van der Waals surface area contributed by atoms with E-state index in [-0.39, 0.29) is 28.2 Å². The molecule has 0 aliphatic heterocycles. The monoisotopic (exact) mass is 495 g/mol. The Kier molecular flexibility index (Phi) is 6.81. The number of fused-ring (bicyclic) bond motifs is 1. The first-order valence-corrected chi connectivity index (χ1v) is 12.6. The highest BCUT2D eigenvalue weighted by molar-refractivity contribution is 7.89. The van der Waals surface area contributed by atoms with E-state index in [0.29, 0.717) is 16.3 Å². The molecule has 0 atom stereocenters. The van der Waals surface area contributed by atoms with Gasteiger partial charge in [-0.05, 0) is 56.5 Å². The van der Waals surface area contributed by atoms with E-state index in [9.17, 15) is 22.8 Å². The Balaban J connectivity index is 1.42. The number of nitrogens with zero attached hydrogens (tertiary/aromatic N) is 2. The molecule has 11 heteroatoms. The summed E-state index contributed by atoms with van der Waals surface area (Å²) < 4.78 is 28.3. The minimum Gasteiger partial charge on any atom is -0.268 e. The van der Waals surface area contributed by atoms with E-state index in [1.54, 1.807) is 50.2 Å². The molecule has 3 N–H and O–H groups in total. The molecule has 35 heavy (non-hydrogen) atoms. The van der Waals surface area contributed by atoms with Gasteiger partial charge in [-0.3, -0.25) is 25.2 Å². The number of hydrogen-bond acceptors (Lipinski definition) is 6.